The number of rotatable bonds is 2. The van der Waals surface area contributed by atoms with Gasteiger partial charge in [-0.05, 0) is 26.3 Å². The molecule has 0 aliphatic carbocycles. The maximum atomic E-state index is 3.47. The van der Waals surface area contributed by atoms with Gasteiger partial charge in [-0.15, -0.1) is 0 Å². The summed E-state index contributed by atoms with van der Waals surface area (Å²) in [6.45, 7) is 10.4. The first kappa shape index (κ1) is 10.0. The fourth-order valence-electron chi connectivity index (χ4n) is 2.12. The summed E-state index contributed by atoms with van der Waals surface area (Å²) in [6.07, 6.45) is 1.29. The number of nitrogens with one attached hydrogen (secondary N) is 1. The third kappa shape index (κ3) is 2.20. The minimum atomic E-state index is 0.381. The van der Waals surface area contributed by atoms with Crippen molar-refractivity contribution < 1.29 is 0 Å². The largest absolute Gasteiger partial charge is 0.314 e. The molecule has 0 aromatic rings. The van der Waals surface area contributed by atoms with Crippen LogP contribution in [0.25, 0.3) is 0 Å². The normalized spacial score (nSPS) is 32.8. The summed E-state index contributed by atoms with van der Waals surface area (Å²) >= 11 is 0. The first-order chi connectivity index (χ1) is 5.54. The van der Waals surface area contributed by atoms with Crippen LogP contribution in [0.1, 0.15) is 27.2 Å². The van der Waals surface area contributed by atoms with Gasteiger partial charge in [0.2, 0.25) is 0 Å². The smallest absolute Gasteiger partial charge is 0.0305 e. The molecule has 0 aromatic heterocycles. The van der Waals surface area contributed by atoms with E-state index in [9.17, 15) is 0 Å². The standard InChI is InChI=1S/C10H22N2/c1-9(2)7-10(3)8-11-5-6-12(10)4/h9,11H,5-8H2,1-4H3. The van der Waals surface area contributed by atoms with Crippen molar-refractivity contribution in [1.29, 1.82) is 0 Å². The van der Waals surface area contributed by atoms with E-state index < -0.39 is 0 Å². The van der Waals surface area contributed by atoms with Crippen LogP contribution in [0.3, 0.4) is 0 Å². The summed E-state index contributed by atoms with van der Waals surface area (Å²) in [6, 6.07) is 0. The van der Waals surface area contributed by atoms with Gasteiger partial charge in [-0.2, -0.15) is 0 Å². The Hall–Kier alpha value is -0.0800. The highest BCUT2D eigenvalue weighted by atomic mass is 15.2. The number of nitrogens with zero attached hydrogens (tertiary/aromatic N) is 1. The highest BCUT2D eigenvalue weighted by Gasteiger charge is 2.31. The Morgan fingerprint density at radius 1 is 1.50 bits per heavy atom. The third-order valence-electron chi connectivity index (χ3n) is 2.90. The molecule has 0 radical (unpaired) electrons. The van der Waals surface area contributed by atoms with Gasteiger partial charge < -0.3 is 5.32 Å². The maximum absolute atomic E-state index is 3.47. The molecule has 0 saturated carbocycles. The summed E-state index contributed by atoms with van der Waals surface area (Å²) in [5, 5.41) is 3.47. The van der Waals surface area contributed by atoms with Crippen LogP contribution >= 0.6 is 0 Å². The van der Waals surface area contributed by atoms with E-state index >= 15 is 0 Å². The first-order valence-corrected chi connectivity index (χ1v) is 4.96. The molecule has 1 aliphatic heterocycles. The van der Waals surface area contributed by atoms with Crippen LogP contribution in [-0.4, -0.2) is 37.1 Å². The second-order valence-corrected chi connectivity index (χ2v) is 4.69. The minimum absolute atomic E-state index is 0.381. The molecule has 2 heteroatoms. The molecule has 1 saturated heterocycles. The molecular weight excluding hydrogens is 148 g/mol. The number of hydrogen-bond acceptors (Lipinski definition) is 2. The van der Waals surface area contributed by atoms with Crippen molar-refractivity contribution in [1.82, 2.24) is 10.2 Å². The Labute approximate surface area is 76.3 Å². The van der Waals surface area contributed by atoms with E-state index in [-0.39, 0.29) is 0 Å². The van der Waals surface area contributed by atoms with Crippen LogP contribution in [0.5, 0.6) is 0 Å². The lowest BCUT2D eigenvalue weighted by atomic mass is 9.88. The first-order valence-electron chi connectivity index (χ1n) is 4.96. The average molecular weight is 170 g/mol. The van der Waals surface area contributed by atoms with Gasteiger partial charge in [-0.1, -0.05) is 13.8 Å². The number of hydrogen-bond donors (Lipinski definition) is 1. The molecule has 0 aromatic carbocycles. The number of likely N-dealkylation sites (N-methyl/N-ethyl adjacent to an activating group) is 1. The molecule has 1 aliphatic rings. The molecule has 1 unspecified atom stereocenters. The lowest BCUT2D eigenvalue weighted by Gasteiger charge is -2.44. The molecule has 1 fully saturated rings. The van der Waals surface area contributed by atoms with E-state index in [4.69, 9.17) is 0 Å². The van der Waals surface area contributed by atoms with E-state index in [0.717, 1.165) is 19.0 Å². The van der Waals surface area contributed by atoms with Gasteiger partial charge in [0, 0.05) is 25.2 Å². The zero-order valence-corrected chi connectivity index (χ0v) is 8.85. The predicted molar refractivity (Wildman–Crippen MR) is 53.4 cm³/mol. The molecule has 1 heterocycles. The fourth-order valence-corrected chi connectivity index (χ4v) is 2.12. The lowest BCUT2D eigenvalue weighted by molar-refractivity contribution is 0.0836. The SMILES string of the molecule is CC(C)CC1(C)CNCCN1C. The highest BCUT2D eigenvalue weighted by Crippen LogP contribution is 2.23. The monoisotopic (exact) mass is 170 g/mol. The van der Waals surface area contributed by atoms with Gasteiger partial charge >= 0.3 is 0 Å². The summed E-state index contributed by atoms with van der Waals surface area (Å²) in [4.78, 5) is 2.49. The molecule has 1 N–H and O–H groups in total. The van der Waals surface area contributed by atoms with Crippen molar-refractivity contribution >= 4 is 0 Å². The quantitative estimate of drug-likeness (QED) is 0.672. The Bertz CT molecular complexity index is 145. The predicted octanol–water partition coefficient (Wildman–Crippen LogP) is 1.33. The molecule has 1 rings (SSSR count). The van der Waals surface area contributed by atoms with Crippen LogP contribution in [0.4, 0.5) is 0 Å². The molecule has 0 bridgehead atoms. The molecule has 12 heavy (non-hydrogen) atoms. The van der Waals surface area contributed by atoms with Gasteiger partial charge in [0.25, 0.3) is 0 Å². The summed E-state index contributed by atoms with van der Waals surface area (Å²) < 4.78 is 0. The Morgan fingerprint density at radius 2 is 2.17 bits per heavy atom. The zero-order chi connectivity index (χ0) is 9.19. The molecule has 72 valence electrons. The lowest BCUT2D eigenvalue weighted by Crippen LogP contribution is -2.58. The van der Waals surface area contributed by atoms with Gasteiger partial charge in [-0.3, -0.25) is 4.90 Å². The van der Waals surface area contributed by atoms with Crippen molar-refractivity contribution in [2.24, 2.45) is 5.92 Å². The number of piperazine rings is 1. The second-order valence-electron chi connectivity index (χ2n) is 4.69. The Kier molecular flexibility index (Phi) is 3.13. The van der Waals surface area contributed by atoms with E-state index in [1.54, 1.807) is 0 Å². The average Bonchev–Trinajstić information content (AvgIpc) is 1.94. The van der Waals surface area contributed by atoms with E-state index in [1.807, 2.05) is 0 Å². The van der Waals surface area contributed by atoms with Crippen molar-refractivity contribution in [3.63, 3.8) is 0 Å². The molecule has 0 spiro atoms. The summed E-state index contributed by atoms with van der Waals surface area (Å²) in [5.41, 5.74) is 0.381. The van der Waals surface area contributed by atoms with E-state index in [1.165, 1.54) is 13.0 Å². The van der Waals surface area contributed by atoms with Crippen LogP contribution in [0.2, 0.25) is 0 Å². The minimum Gasteiger partial charge on any atom is -0.314 e. The second kappa shape index (κ2) is 3.75. The highest BCUT2D eigenvalue weighted by molar-refractivity contribution is 4.91. The summed E-state index contributed by atoms with van der Waals surface area (Å²) in [7, 11) is 2.24. The van der Waals surface area contributed by atoms with Crippen molar-refractivity contribution in [3.05, 3.63) is 0 Å². The molecule has 2 nitrogen and oxygen atoms in total. The van der Waals surface area contributed by atoms with Crippen LogP contribution < -0.4 is 5.32 Å². The Balaban J connectivity index is 2.53. The maximum Gasteiger partial charge on any atom is 0.0305 e. The molecular formula is C10H22N2. The van der Waals surface area contributed by atoms with Gasteiger partial charge in [0.1, 0.15) is 0 Å². The van der Waals surface area contributed by atoms with E-state index in [0.29, 0.717) is 5.54 Å². The van der Waals surface area contributed by atoms with Gasteiger partial charge in [0.15, 0.2) is 0 Å². The van der Waals surface area contributed by atoms with Crippen LogP contribution in [0, 0.1) is 5.92 Å². The molecule has 1 atom stereocenters. The fraction of sp³-hybridized carbons (Fsp3) is 1.00. The Morgan fingerprint density at radius 3 is 2.67 bits per heavy atom. The van der Waals surface area contributed by atoms with Gasteiger partial charge in [0.05, 0.1) is 0 Å². The topological polar surface area (TPSA) is 15.3 Å². The van der Waals surface area contributed by atoms with Crippen molar-refractivity contribution in [2.75, 3.05) is 26.7 Å². The van der Waals surface area contributed by atoms with Crippen molar-refractivity contribution in [2.45, 2.75) is 32.7 Å². The zero-order valence-electron chi connectivity index (χ0n) is 8.85. The van der Waals surface area contributed by atoms with Gasteiger partial charge in [-0.25, -0.2) is 0 Å². The summed E-state index contributed by atoms with van der Waals surface area (Å²) in [5.74, 6) is 0.789. The van der Waals surface area contributed by atoms with E-state index in [2.05, 4.69) is 38.0 Å². The van der Waals surface area contributed by atoms with Crippen LogP contribution in [0.15, 0.2) is 0 Å². The van der Waals surface area contributed by atoms with Crippen molar-refractivity contribution in [3.8, 4) is 0 Å². The van der Waals surface area contributed by atoms with Crippen LogP contribution in [-0.2, 0) is 0 Å². The molecule has 0 amide bonds. The third-order valence-corrected chi connectivity index (χ3v) is 2.90.